The molecule has 0 aromatic rings. The summed E-state index contributed by atoms with van der Waals surface area (Å²) in [6.07, 6.45) is 9.01. The van der Waals surface area contributed by atoms with E-state index in [1.54, 1.807) is 0 Å². The van der Waals surface area contributed by atoms with Gasteiger partial charge < -0.3 is 4.74 Å². The molecule has 0 spiro atoms. The Bertz CT molecular complexity index is 137. The maximum atomic E-state index is 6.16. The molecule has 2 atom stereocenters. The largest absolute Gasteiger partial charge is 0.381 e. The van der Waals surface area contributed by atoms with E-state index in [0.717, 1.165) is 38.9 Å². The highest BCUT2D eigenvalue weighted by atomic mass is 35.5. The molecule has 17 heavy (non-hydrogen) atoms. The first-order valence-corrected chi connectivity index (χ1v) is 7.93. The fraction of sp³-hybridized carbons (Fsp3) is 1.00. The summed E-state index contributed by atoms with van der Waals surface area (Å²) in [5.74, 6) is 0. The van der Waals surface area contributed by atoms with E-state index >= 15 is 0 Å². The number of rotatable bonds is 12. The van der Waals surface area contributed by atoms with Crippen molar-refractivity contribution in [2.24, 2.45) is 0 Å². The lowest BCUT2D eigenvalue weighted by atomic mass is 10.1. The van der Waals surface area contributed by atoms with Gasteiger partial charge in [0.15, 0.2) is 0 Å². The van der Waals surface area contributed by atoms with E-state index < -0.39 is 0 Å². The van der Waals surface area contributed by atoms with E-state index in [9.17, 15) is 0 Å². The lowest BCUT2D eigenvalue weighted by Gasteiger charge is -2.11. The molecule has 0 N–H and O–H groups in total. The molecule has 0 aliphatic heterocycles. The van der Waals surface area contributed by atoms with Crippen molar-refractivity contribution < 1.29 is 4.74 Å². The Balaban J connectivity index is 3.22. The molecule has 0 heterocycles. The molecule has 0 aliphatic rings. The zero-order valence-electron chi connectivity index (χ0n) is 11.4. The Labute approximate surface area is 117 Å². The first-order chi connectivity index (χ1) is 8.20. The van der Waals surface area contributed by atoms with Crippen LogP contribution in [0.4, 0.5) is 0 Å². The van der Waals surface area contributed by atoms with Gasteiger partial charge in [-0.2, -0.15) is 0 Å². The first-order valence-electron chi connectivity index (χ1n) is 7.06. The molecule has 1 nitrogen and oxygen atoms in total. The van der Waals surface area contributed by atoms with Crippen LogP contribution in [-0.4, -0.2) is 24.0 Å². The lowest BCUT2D eigenvalue weighted by molar-refractivity contribution is 0.127. The van der Waals surface area contributed by atoms with Crippen LogP contribution in [0, 0.1) is 0 Å². The highest BCUT2D eigenvalue weighted by Gasteiger charge is 2.05. The van der Waals surface area contributed by atoms with Gasteiger partial charge in [-0.15, -0.1) is 23.2 Å². The van der Waals surface area contributed by atoms with Gasteiger partial charge in [0.1, 0.15) is 0 Å². The smallest absolute Gasteiger partial charge is 0.0480 e. The van der Waals surface area contributed by atoms with Gasteiger partial charge in [-0.05, 0) is 25.7 Å². The van der Waals surface area contributed by atoms with Crippen LogP contribution >= 0.6 is 23.2 Å². The third kappa shape index (κ3) is 12.8. The zero-order valence-corrected chi connectivity index (χ0v) is 12.9. The van der Waals surface area contributed by atoms with Crippen molar-refractivity contribution in [3.8, 4) is 0 Å². The molecule has 0 aromatic heterocycles. The average Bonchev–Trinajstić information content (AvgIpc) is 2.33. The summed E-state index contributed by atoms with van der Waals surface area (Å²) < 4.78 is 5.57. The highest BCUT2D eigenvalue weighted by molar-refractivity contribution is 6.20. The van der Waals surface area contributed by atoms with Crippen LogP contribution in [0.1, 0.15) is 65.2 Å². The zero-order chi connectivity index (χ0) is 12.9. The molecule has 0 rings (SSSR count). The monoisotopic (exact) mass is 282 g/mol. The van der Waals surface area contributed by atoms with E-state index in [0.29, 0.717) is 0 Å². The fourth-order valence-electron chi connectivity index (χ4n) is 1.66. The van der Waals surface area contributed by atoms with Gasteiger partial charge in [-0.1, -0.05) is 39.5 Å². The van der Waals surface area contributed by atoms with E-state index in [4.69, 9.17) is 27.9 Å². The van der Waals surface area contributed by atoms with Crippen molar-refractivity contribution in [1.29, 1.82) is 0 Å². The van der Waals surface area contributed by atoms with Crippen LogP contribution in [0.5, 0.6) is 0 Å². The third-order valence-corrected chi connectivity index (χ3v) is 3.77. The summed E-state index contributed by atoms with van der Waals surface area (Å²) >= 11 is 12.3. The van der Waals surface area contributed by atoms with Crippen LogP contribution in [-0.2, 0) is 4.74 Å². The van der Waals surface area contributed by atoms with E-state index in [1.807, 2.05) is 0 Å². The molecule has 104 valence electrons. The summed E-state index contributed by atoms with van der Waals surface area (Å²) in [7, 11) is 0. The number of ether oxygens (including phenoxy) is 1. The normalized spacial score (nSPS) is 14.8. The van der Waals surface area contributed by atoms with Crippen LogP contribution in [0.25, 0.3) is 0 Å². The Morgan fingerprint density at radius 1 is 0.765 bits per heavy atom. The number of hydrogen-bond acceptors (Lipinski definition) is 1. The topological polar surface area (TPSA) is 9.23 Å². The Morgan fingerprint density at radius 3 is 1.53 bits per heavy atom. The highest BCUT2D eigenvalue weighted by Crippen LogP contribution is 2.13. The first kappa shape index (κ1) is 17.5. The van der Waals surface area contributed by atoms with Crippen molar-refractivity contribution in [3.05, 3.63) is 0 Å². The van der Waals surface area contributed by atoms with Crippen molar-refractivity contribution in [3.63, 3.8) is 0 Å². The molecule has 2 unspecified atom stereocenters. The summed E-state index contributed by atoms with van der Waals surface area (Å²) in [6.45, 7) is 5.93. The SMILES string of the molecule is CCCCC(Cl)CCOCCC(Cl)CCCC. The maximum absolute atomic E-state index is 6.16. The average molecular weight is 283 g/mol. The van der Waals surface area contributed by atoms with E-state index in [1.165, 1.54) is 25.7 Å². The predicted octanol–water partition coefficient (Wildman–Crippen LogP) is 5.38. The summed E-state index contributed by atoms with van der Waals surface area (Å²) in [5.41, 5.74) is 0. The molecule has 3 heteroatoms. The van der Waals surface area contributed by atoms with Crippen LogP contribution < -0.4 is 0 Å². The fourth-order valence-corrected chi connectivity index (χ4v) is 2.15. The number of unbranched alkanes of at least 4 members (excludes halogenated alkanes) is 2. The van der Waals surface area contributed by atoms with Gasteiger partial charge in [-0.3, -0.25) is 0 Å². The van der Waals surface area contributed by atoms with Crippen molar-refractivity contribution in [1.82, 2.24) is 0 Å². The molecule has 0 aromatic carbocycles. The molecular weight excluding hydrogens is 255 g/mol. The molecule has 0 saturated carbocycles. The quantitative estimate of drug-likeness (QED) is 0.345. The van der Waals surface area contributed by atoms with Crippen LogP contribution in [0.15, 0.2) is 0 Å². The maximum Gasteiger partial charge on any atom is 0.0480 e. The van der Waals surface area contributed by atoms with Gasteiger partial charge in [-0.25, -0.2) is 0 Å². The summed E-state index contributed by atoms with van der Waals surface area (Å²) in [6, 6.07) is 0. The van der Waals surface area contributed by atoms with Crippen molar-refractivity contribution in [2.45, 2.75) is 76.0 Å². The number of hydrogen-bond donors (Lipinski definition) is 0. The molecular formula is C14H28Cl2O. The Kier molecular flexibility index (Phi) is 13.4. The van der Waals surface area contributed by atoms with E-state index in [-0.39, 0.29) is 10.8 Å². The Hall–Kier alpha value is 0.540. The minimum atomic E-state index is 0.279. The molecule has 0 bridgehead atoms. The number of halogens is 2. The second-order valence-corrected chi connectivity index (χ2v) is 5.90. The van der Waals surface area contributed by atoms with Gasteiger partial charge >= 0.3 is 0 Å². The second kappa shape index (κ2) is 13.0. The minimum Gasteiger partial charge on any atom is -0.381 e. The molecule has 0 aliphatic carbocycles. The van der Waals surface area contributed by atoms with Crippen LogP contribution in [0.2, 0.25) is 0 Å². The van der Waals surface area contributed by atoms with Gasteiger partial charge in [0.2, 0.25) is 0 Å². The third-order valence-electron chi connectivity index (χ3n) is 2.89. The van der Waals surface area contributed by atoms with Gasteiger partial charge in [0.05, 0.1) is 0 Å². The molecule has 0 amide bonds. The molecule has 0 saturated heterocycles. The second-order valence-electron chi connectivity index (χ2n) is 4.67. The Morgan fingerprint density at radius 2 is 1.18 bits per heavy atom. The van der Waals surface area contributed by atoms with Gasteiger partial charge in [0.25, 0.3) is 0 Å². The van der Waals surface area contributed by atoms with Gasteiger partial charge in [0, 0.05) is 24.0 Å². The summed E-state index contributed by atoms with van der Waals surface area (Å²) in [4.78, 5) is 0. The summed E-state index contributed by atoms with van der Waals surface area (Å²) in [5, 5.41) is 0.559. The number of alkyl halides is 2. The van der Waals surface area contributed by atoms with Crippen LogP contribution in [0.3, 0.4) is 0 Å². The standard InChI is InChI=1S/C14H28Cl2O/c1-3-5-7-13(15)9-11-17-12-10-14(16)8-6-4-2/h13-14H,3-12H2,1-2H3. The molecule has 0 fully saturated rings. The van der Waals surface area contributed by atoms with Crippen molar-refractivity contribution >= 4 is 23.2 Å². The predicted molar refractivity (Wildman–Crippen MR) is 78.4 cm³/mol. The minimum absolute atomic E-state index is 0.279. The van der Waals surface area contributed by atoms with E-state index in [2.05, 4.69) is 13.8 Å². The lowest BCUT2D eigenvalue weighted by Crippen LogP contribution is -2.08. The van der Waals surface area contributed by atoms with Crippen molar-refractivity contribution in [2.75, 3.05) is 13.2 Å². The molecule has 0 radical (unpaired) electrons.